The highest BCUT2D eigenvalue weighted by atomic mass is 31.2. The molecule has 1 unspecified atom stereocenters. The summed E-state index contributed by atoms with van der Waals surface area (Å²) in [5.41, 5.74) is 0.647. The number of hydrogen-bond donors (Lipinski definition) is 0. The monoisotopic (exact) mass is 204 g/mol. The summed E-state index contributed by atoms with van der Waals surface area (Å²) in [6, 6.07) is 0. The summed E-state index contributed by atoms with van der Waals surface area (Å²) in [7, 11) is 1.30. The van der Waals surface area contributed by atoms with Gasteiger partial charge in [0.25, 0.3) is 5.91 Å². The molecular weight excluding hydrogens is 191 g/mol. The van der Waals surface area contributed by atoms with Gasteiger partial charge in [-0.15, -0.1) is 0 Å². The maximum atomic E-state index is 12.1. The van der Waals surface area contributed by atoms with E-state index in [1.165, 1.54) is 24.9 Å². The van der Waals surface area contributed by atoms with Gasteiger partial charge in [0.1, 0.15) is 0 Å². The molecule has 0 saturated heterocycles. The third-order valence-electron chi connectivity index (χ3n) is 2.16. The van der Waals surface area contributed by atoms with Gasteiger partial charge in [-0.1, -0.05) is 0 Å². The van der Waals surface area contributed by atoms with E-state index in [1.807, 2.05) is 0 Å². The van der Waals surface area contributed by atoms with Crippen molar-refractivity contribution in [2.45, 2.75) is 6.92 Å². The second-order valence-corrected chi connectivity index (χ2v) is 5.39. The zero-order valence-electron chi connectivity index (χ0n) is 8.14. The Morgan fingerprint density at radius 2 is 1.92 bits per heavy atom. The van der Waals surface area contributed by atoms with Gasteiger partial charge in [-0.3, -0.25) is 14.1 Å². The average molecular weight is 204 g/mol. The van der Waals surface area contributed by atoms with Gasteiger partial charge in [0.05, 0.1) is 0 Å². The summed E-state index contributed by atoms with van der Waals surface area (Å²) in [6.07, 6.45) is 1.43. The lowest BCUT2D eigenvalue weighted by Crippen LogP contribution is -2.35. The molecule has 1 heterocycles. The second kappa shape index (κ2) is 3.16. The van der Waals surface area contributed by atoms with Crippen LogP contribution in [-0.2, 0) is 13.9 Å². The number of carbonyl (C=O) groups is 1. The highest BCUT2D eigenvalue weighted by Gasteiger charge is 2.39. The minimum absolute atomic E-state index is 0.291. The number of carbonyl (C=O) groups excluding carboxylic acids is 1. The first kappa shape index (κ1) is 10.3. The summed E-state index contributed by atoms with van der Waals surface area (Å²) < 4.78 is 19.5. The van der Waals surface area contributed by atoms with Crippen LogP contribution in [0.3, 0.4) is 0 Å². The minimum atomic E-state index is -3.14. The molecule has 0 bridgehead atoms. The lowest BCUT2D eigenvalue weighted by atomic mass is 10.4. The van der Waals surface area contributed by atoms with E-state index in [1.54, 1.807) is 14.0 Å². The molecular formula is C7H13N2O3P. The van der Waals surface area contributed by atoms with Crippen molar-refractivity contribution in [1.29, 1.82) is 0 Å². The normalized spacial score (nSPS) is 29.2. The minimum Gasteiger partial charge on any atom is -0.301 e. The van der Waals surface area contributed by atoms with E-state index in [9.17, 15) is 9.36 Å². The molecule has 1 rings (SSSR count). The Labute approximate surface area is 77.5 Å². The molecule has 6 heteroatoms. The van der Waals surface area contributed by atoms with Crippen LogP contribution < -0.4 is 0 Å². The summed E-state index contributed by atoms with van der Waals surface area (Å²) >= 11 is 0. The average Bonchev–Trinajstić information content (AvgIpc) is 2.12. The lowest BCUT2D eigenvalue weighted by Gasteiger charge is -2.37. The molecule has 1 aliphatic rings. The fourth-order valence-electron chi connectivity index (χ4n) is 1.14. The molecule has 0 fully saturated rings. The summed E-state index contributed by atoms with van der Waals surface area (Å²) in [5, 5.41) is 0. The molecule has 0 aromatic rings. The highest BCUT2D eigenvalue weighted by molar-refractivity contribution is 7.55. The molecule has 0 spiro atoms. The first-order chi connectivity index (χ1) is 5.93. The fraction of sp³-hybridized carbons (Fsp3) is 0.571. The van der Waals surface area contributed by atoms with E-state index < -0.39 is 7.67 Å². The second-order valence-electron chi connectivity index (χ2n) is 2.84. The Balaban J connectivity index is 3.19. The van der Waals surface area contributed by atoms with Crippen LogP contribution in [0.25, 0.3) is 0 Å². The Bertz CT molecular complexity index is 313. The third-order valence-corrected chi connectivity index (χ3v) is 4.66. The molecule has 1 aliphatic heterocycles. The molecule has 74 valence electrons. The largest absolute Gasteiger partial charge is 0.398 e. The van der Waals surface area contributed by atoms with Crippen molar-refractivity contribution in [2.24, 2.45) is 0 Å². The fourth-order valence-corrected chi connectivity index (χ4v) is 2.79. The van der Waals surface area contributed by atoms with Gasteiger partial charge in [-0.2, -0.15) is 0 Å². The molecule has 0 N–H and O–H groups in total. The maximum absolute atomic E-state index is 12.1. The van der Waals surface area contributed by atoms with Crippen molar-refractivity contribution >= 4 is 13.6 Å². The van der Waals surface area contributed by atoms with Crippen molar-refractivity contribution in [3.05, 3.63) is 11.8 Å². The van der Waals surface area contributed by atoms with E-state index in [4.69, 9.17) is 4.52 Å². The first-order valence-electron chi connectivity index (χ1n) is 3.80. The predicted molar refractivity (Wildman–Crippen MR) is 48.9 cm³/mol. The summed E-state index contributed by atoms with van der Waals surface area (Å²) in [5.74, 6) is -0.291. The summed E-state index contributed by atoms with van der Waals surface area (Å²) in [6.45, 7) is 1.72. The van der Waals surface area contributed by atoms with Crippen LogP contribution in [0.15, 0.2) is 11.8 Å². The van der Waals surface area contributed by atoms with Gasteiger partial charge in [-0.05, 0) is 6.92 Å². The molecule has 1 amide bonds. The number of allylic oxidation sites excluding steroid dienone is 1. The number of nitrogens with zero attached hydrogens (tertiary/aromatic N) is 2. The first-order valence-corrected chi connectivity index (χ1v) is 5.33. The van der Waals surface area contributed by atoms with Gasteiger partial charge in [0.2, 0.25) is 0 Å². The van der Waals surface area contributed by atoms with Crippen molar-refractivity contribution in [2.75, 3.05) is 21.2 Å². The van der Waals surface area contributed by atoms with E-state index >= 15 is 0 Å². The molecule has 0 aliphatic carbocycles. The third kappa shape index (κ3) is 1.38. The lowest BCUT2D eigenvalue weighted by molar-refractivity contribution is -0.122. The Morgan fingerprint density at radius 1 is 1.38 bits per heavy atom. The van der Waals surface area contributed by atoms with E-state index in [0.29, 0.717) is 5.70 Å². The quantitative estimate of drug-likeness (QED) is 0.599. The van der Waals surface area contributed by atoms with E-state index in [2.05, 4.69) is 0 Å². The molecule has 0 aromatic heterocycles. The Hall–Kier alpha value is -0.800. The van der Waals surface area contributed by atoms with Crippen molar-refractivity contribution in [1.82, 2.24) is 9.34 Å². The summed E-state index contributed by atoms with van der Waals surface area (Å²) in [4.78, 5) is 11.3. The van der Waals surface area contributed by atoms with Gasteiger partial charge >= 0.3 is 7.67 Å². The van der Waals surface area contributed by atoms with Crippen molar-refractivity contribution < 1.29 is 13.9 Å². The van der Waals surface area contributed by atoms with Gasteiger partial charge in [-0.25, -0.2) is 4.57 Å². The standard InChI is InChI=1S/C7H13N2O3P/c1-6-5-7(10)9(3)13(11,12-4)8(6)2/h5H,1-4H3. The zero-order chi connectivity index (χ0) is 10.2. The molecule has 0 radical (unpaired) electrons. The molecule has 0 saturated carbocycles. The van der Waals surface area contributed by atoms with Crippen LogP contribution in [0.1, 0.15) is 6.92 Å². The van der Waals surface area contributed by atoms with E-state index in [0.717, 1.165) is 4.67 Å². The highest BCUT2D eigenvalue weighted by Crippen LogP contribution is 2.55. The zero-order valence-corrected chi connectivity index (χ0v) is 9.04. The molecule has 0 aromatic carbocycles. The molecule has 13 heavy (non-hydrogen) atoms. The maximum Gasteiger partial charge on any atom is 0.398 e. The Morgan fingerprint density at radius 3 is 2.38 bits per heavy atom. The molecule has 5 nitrogen and oxygen atoms in total. The van der Waals surface area contributed by atoms with Gasteiger partial charge < -0.3 is 4.52 Å². The number of hydrogen-bond acceptors (Lipinski definition) is 3. The van der Waals surface area contributed by atoms with Crippen LogP contribution in [0.4, 0.5) is 0 Å². The Kier molecular flexibility index (Phi) is 2.50. The van der Waals surface area contributed by atoms with Crippen LogP contribution in [0.2, 0.25) is 0 Å². The number of likely N-dealkylation sites (N-methyl/N-ethyl adjacent to an activating group) is 1. The van der Waals surface area contributed by atoms with Crippen LogP contribution >= 0.6 is 7.67 Å². The van der Waals surface area contributed by atoms with Crippen LogP contribution in [0.5, 0.6) is 0 Å². The van der Waals surface area contributed by atoms with Crippen LogP contribution in [0, 0.1) is 0 Å². The van der Waals surface area contributed by atoms with Gasteiger partial charge in [0, 0.05) is 33.0 Å². The van der Waals surface area contributed by atoms with E-state index in [-0.39, 0.29) is 5.91 Å². The SMILES string of the molecule is COP1(=O)N(C)C(=O)C=C(C)N1C. The molecule has 1 atom stereocenters. The number of rotatable bonds is 1. The van der Waals surface area contributed by atoms with Gasteiger partial charge in [0.15, 0.2) is 0 Å². The van der Waals surface area contributed by atoms with Crippen molar-refractivity contribution in [3.63, 3.8) is 0 Å². The van der Waals surface area contributed by atoms with Crippen molar-refractivity contribution in [3.8, 4) is 0 Å². The van der Waals surface area contributed by atoms with Crippen LogP contribution in [-0.4, -0.2) is 36.5 Å². The predicted octanol–water partition coefficient (Wildman–Crippen LogP) is 1.05. The number of amides is 1. The smallest absolute Gasteiger partial charge is 0.301 e. The topological polar surface area (TPSA) is 49.9 Å².